The number of halogens is 1. The van der Waals surface area contributed by atoms with Gasteiger partial charge < -0.3 is 14.8 Å². The number of hydrogen-bond acceptors (Lipinski definition) is 4. The zero-order valence-corrected chi connectivity index (χ0v) is 18.1. The van der Waals surface area contributed by atoms with Crippen molar-refractivity contribution < 1.29 is 18.7 Å². The summed E-state index contributed by atoms with van der Waals surface area (Å²) in [4.78, 5) is 17.0. The van der Waals surface area contributed by atoms with Gasteiger partial charge in [0.1, 0.15) is 23.1 Å². The Morgan fingerprint density at radius 3 is 2.59 bits per heavy atom. The summed E-state index contributed by atoms with van der Waals surface area (Å²) in [5.41, 5.74) is 3.93. The molecule has 0 aliphatic carbocycles. The largest absolute Gasteiger partial charge is 0.496 e. The standard InChI is InChI=1S/C26H23FN2O3/c1-16-6-4-5-7-18(16)15-29-26(30)19-11-20(27)13-21(12-19)32-24-8-9-28-23-10-17(2)25(31-3)14-22(23)24/h4-14H,15H2,1-3H3,(H,29,30). The van der Waals surface area contributed by atoms with Gasteiger partial charge >= 0.3 is 0 Å². The first-order chi connectivity index (χ1) is 15.4. The maximum Gasteiger partial charge on any atom is 0.251 e. The van der Waals surface area contributed by atoms with Crippen molar-refractivity contribution in [1.29, 1.82) is 0 Å². The molecule has 1 amide bonds. The van der Waals surface area contributed by atoms with Crippen LogP contribution in [0.5, 0.6) is 17.2 Å². The number of fused-ring (bicyclic) bond motifs is 1. The fourth-order valence-electron chi connectivity index (χ4n) is 3.53. The summed E-state index contributed by atoms with van der Waals surface area (Å²) < 4.78 is 25.7. The van der Waals surface area contributed by atoms with Gasteiger partial charge in [-0.2, -0.15) is 0 Å². The third-order valence-electron chi connectivity index (χ3n) is 5.28. The molecule has 0 bridgehead atoms. The lowest BCUT2D eigenvalue weighted by Gasteiger charge is -2.13. The van der Waals surface area contributed by atoms with E-state index in [0.29, 0.717) is 18.0 Å². The minimum Gasteiger partial charge on any atom is -0.496 e. The second-order valence-corrected chi connectivity index (χ2v) is 7.53. The van der Waals surface area contributed by atoms with Crippen molar-refractivity contribution in [3.8, 4) is 17.2 Å². The van der Waals surface area contributed by atoms with Gasteiger partial charge in [-0.05, 0) is 60.9 Å². The van der Waals surface area contributed by atoms with Crippen molar-refractivity contribution in [1.82, 2.24) is 10.3 Å². The molecule has 0 saturated heterocycles. The number of methoxy groups -OCH3 is 1. The highest BCUT2D eigenvalue weighted by atomic mass is 19.1. The number of nitrogens with zero attached hydrogens (tertiary/aromatic N) is 1. The van der Waals surface area contributed by atoms with Crippen molar-refractivity contribution in [3.63, 3.8) is 0 Å². The first-order valence-electron chi connectivity index (χ1n) is 10.2. The highest BCUT2D eigenvalue weighted by Gasteiger charge is 2.13. The molecular formula is C26H23FN2O3. The van der Waals surface area contributed by atoms with Crippen molar-refractivity contribution in [3.05, 3.63) is 94.9 Å². The summed E-state index contributed by atoms with van der Waals surface area (Å²) in [6, 6.07) is 17.2. The maximum atomic E-state index is 14.3. The molecule has 0 unspecified atom stereocenters. The number of ether oxygens (including phenoxy) is 2. The number of rotatable bonds is 6. The molecular weight excluding hydrogens is 407 g/mol. The molecule has 6 heteroatoms. The van der Waals surface area contributed by atoms with Crippen LogP contribution in [0.2, 0.25) is 0 Å². The zero-order chi connectivity index (χ0) is 22.7. The summed E-state index contributed by atoms with van der Waals surface area (Å²) in [5, 5.41) is 3.56. The van der Waals surface area contributed by atoms with E-state index in [9.17, 15) is 9.18 Å². The van der Waals surface area contributed by atoms with Gasteiger partial charge in [-0.25, -0.2) is 4.39 Å². The fraction of sp³-hybridized carbons (Fsp3) is 0.154. The van der Waals surface area contributed by atoms with Crippen LogP contribution in [-0.4, -0.2) is 18.0 Å². The topological polar surface area (TPSA) is 60.5 Å². The number of amides is 1. The van der Waals surface area contributed by atoms with E-state index >= 15 is 0 Å². The molecule has 32 heavy (non-hydrogen) atoms. The van der Waals surface area contributed by atoms with E-state index in [4.69, 9.17) is 9.47 Å². The summed E-state index contributed by atoms with van der Waals surface area (Å²) in [5.74, 6) is 0.471. The van der Waals surface area contributed by atoms with E-state index in [-0.39, 0.29) is 17.2 Å². The summed E-state index contributed by atoms with van der Waals surface area (Å²) in [6.45, 7) is 4.26. The van der Waals surface area contributed by atoms with Gasteiger partial charge in [-0.3, -0.25) is 9.78 Å². The molecule has 1 heterocycles. The Morgan fingerprint density at radius 1 is 1.00 bits per heavy atom. The van der Waals surface area contributed by atoms with Gasteiger partial charge in [0.05, 0.1) is 12.6 Å². The summed E-state index contributed by atoms with van der Waals surface area (Å²) >= 11 is 0. The molecule has 0 fully saturated rings. The maximum absolute atomic E-state index is 14.3. The third kappa shape index (κ3) is 4.54. The number of aromatic nitrogens is 1. The van der Waals surface area contributed by atoms with Crippen molar-refractivity contribution in [2.45, 2.75) is 20.4 Å². The molecule has 3 aromatic carbocycles. The molecule has 5 nitrogen and oxygen atoms in total. The normalized spacial score (nSPS) is 10.8. The van der Waals surface area contributed by atoms with Crippen LogP contribution in [0.15, 0.2) is 66.9 Å². The van der Waals surface area contributed by atoms with Crippen molar-refractivity contribution in [2.24, 2.45) is 0 Å². The van der Waals surface area contributed by atoms with Crippen LogP contribution in [-0.2, 0) is 6.54 Å². The van der Waals surface area contributed by atoms with Gasteiger partial charge in [-0.1, -0.05) is 24.3 Å². The first kappa shape index (κ1) is 21.3. The SMILES string of the molecule is COc1cc2c(Oc3cc(F)cc(C(=O)NCc4ccccc4C)c3)ccnc2cc1C. The molecule has 4 aromatic rings. The predicted molar refractivity (Wildman–Crippen MR) is 122 cm³/mol. The van der Waals surface area contributed by atoms with E-state index in [1.807, 2.05) is 50.2 Å². The van der Waals surface area contributed by atoms with Crippen LogP contribution < -0.4 is 14.8 Å². The minimum absolute atomic E-state index is 0.181. The average molecular weight is 430 g/mol. The number of carbonyl (C=O) groups is 1. The molecule has 0 radical (unpaired) electrons. The quantitative estimate of drug-likeness (QED) is 0.425. The Balaban J connectivity index is 1.59. The van der Waals surface area contributed by atoms with Crippen molar-refractivity contribution >= 4 is 16.8 Å². The van der Waals surface area contributed by atoms with E-state index < -0.39 is 5.82 Å². The monoisotopic (exact) mass is 430 g/mol. The van der Waals surface area contributed by atoms with Gasteiger partial charge in [0.2, 0.25) is 0 Å². The lowest BCUT2D eigenvalue weighted by molar-refractivity contribution is 0.0950. The number of hydrogen-bond donors (Lipinski definition) is 1. The fourth-order valence-corrected chi connectivity index (χ4v) is 3.53. The molecule has 1 aromatic heterocycles. The molecule has 0 spiro atoms. The van der Waals surface area contributed by atoms with Gasteiger partial charge in [0, 0.05) is 29.8 Å². The van der Waals surface area contributed by atoms with Gasteiger partial charge in [0.15, 0.2) is 0 Å². The number of benzene rings is 3. The molecule has 1 N–H and O–H groups in total. The number of carbonyl (C=O) groups excluding carboxylic acids is 1. The average Bonchev–Trinajstić information content (AvgIpc) is 2.77. The van der Waals surface area contributed by atoms with Gasteiger partial charge in [-0.15, -0.1) is 0 Å². The number of nitrogens with one attached hydrogen (secondary N) is 1. The first-order valence-corrected chi connectivity index (χ1v) is 10.2. The second-order valence-electron chi connectivity index (χ2n) is 7.53. The molecule has 0 saturated carbocycles. The molecule has 4 rings (SSSR count). The van der Waals surface area contributed by atoms with Crippen LogP contribution in [0.4, 0.5) is 4.39 Å². The van der Waals surface area contributed by atoms with Crippen LogP contribution >= 0.6 is 0 Å². The smallest absolute Gasteiger partial charge is 0.251 e. The Hall–Kier alpha value is -3.93. The third-order valence-corrected chi connectivity index (χ3v) is 5.28. The zero-order valence-electron chi connectivity index (χ0n) is 18.1. The Labute approximate surface area is 185 Å². The van der Waals surface area contributed by atoms with Crippen molar-refractivity contribution in [2.75, 3.05) is 7.11 Å². The highest BCUT2D eigenvalue weighted by Crippen LogP contribution is 2.33. The van der Waals surface area contributed by atoms with E-state index in [0.717, 1.165) is 27.6 Å². The van der Waals surface area contributed by atoms with E-state index in [2.05, 4.69) is 10.3 Å². The minimum atomic E-state index is -0.560. The van der Waals surface area contributed by atoms with Crippen LogP contribution in [0.25, 0.3) is 10.9 Å². The molecule has 0 aliphatic rings. The second kappa shape index (κ2) is 9.06. The summed E-state index contributed by atoms with van der Waals surface area (Å²) in [6.07, 6.45) is 1.62. The van der Waals surface area contributed by atoms with E-state index in [1.54, 1.807) is 19.4 Å². The van der Waals surface area contributed by atoms with Gasteiger partial charge in [0.25, 0.3) is 5.91 Å². The lowest BCUT2D eigenvalue weighted by atomic mass is 10.1. The molecule has 0 atom stereocenters. The van der Waals surface area contributed by atoms with E-state index in [1.165, 1.54) is 18.2 Å². The Bertz CT molecular complexity index is 1300. The molecule has 0 aliphatic heterocycles. The Morgan fingerprint density at radius 2 is 1.81 bits per heavy atom. The highest BCUT2D eigenvalue weighted by molar-refractivity contribution is 5.94. The van der Waals surface area contributed by atoms with Crippen LogP contribution in [0.3, 0.4) is 0 Å². The molecule has 162 valence electrons. The summed E-state index contributed by atoms with van der Waals surface area (Å²) in [7, 11) is 1.60. The lowest BCUT2D eigenvalue weighted by Crippen LogP contribution is -2.23. The van der Waals surface area contributed by atoms with Crippen LogP contribution in [0, 0.1) is 19.7 Å². The van der Waals surface area contributed by atoms with Crippen LogP contribution in [0.1, 0.15) is 27.0 Å². The number of aryl methyl sites for hydroxylation is 2. The number of pyridine rings is 1. The Kier molecular flexibility index (Phi) is 6.03. The predicted octanol–water partition coefficient (Wildman–Crippen LogP) is 5.72.